The van der Waals surface area contributed by atoms with Gasteiger partial charge in [-0.05, 0) is 25.8 Å². The highest BCUT2D eigenvalue weighted by Gasteiger charge is 2.21. The zero-order valence-electron chi connectivity index (χ0n) is 12.4. The molecule has 1 fully saturated rings. The lowest BCUT2D eigenvalue weighted by Gasteiger charge is -2.31. The quantitative estimate of drug-likeness (QED) is 0.704. The minimum atomic E-state index is 0.129. The molecule has 1 heterocycles. The first-order valence-corrected chi connectivity index (χ1v) is 7.27. The van der Waals surface area contributed by atoms with E-state index < -0.39 is 0 Å². The van der Waals surface area contributed by atoms with E-state index in [1.54, 1.807) is 6.92 Å². The molecule has 0 saturated carbocycles. The number of nitrogens with zero attached hydrogens (tertiary/aromatic N) is 1. The van der Waals surface area contributed by atoms with E-state index in [-0.39, 0.29) is 17.9 Å². The molecule has 0 spiro atoms. The molecular formula is C14H27N3O2. The van der Waals surface area contributed by atoms with E-state index in [0.717, 1.165) is 38.9 Å². The van der Waals surface area contributed by atoms with Gasteiger partial charge in [0, 0.05) is 38.5 Å². The maximum Gasteiger partial charge on any atom is 0.220 e. The van der Waals surface area contributed by atoms with Crippen LogP contribution in [0.2, 0.25) is 0 Å². The van der Waals surface area contributed by atoms with Crippen LogP contribution in [0.25, 0.3) is 0 Å². The van der Waals surface area contributed by atoms with Crippen LogP contribution in [0.1, 0.15) is 46.5 Å². The molecule has 0 aromatic carbocycles. The van der Waals surface area contributed by atoms with Crippen molar-refractivity contribution in [3.8, 4) is 0 Å². The van der Waals surface area contributed by atoms with Crippen LogP contribution in [0.5, 0.6) is 0 Å². The molecule has 0 aliphatic carbocycles. The molecule has 19 heavy (non-hydrogen) atoms. The van der Waals surface area contributed by atoms with Crippen LogP contribution in [0.15, 0.2) is 0 Å². The van der Waals surface area contributed by atoms with Crippen molar-refractivity contribution < 1.29 is 9.59 Å². The van der Waals surface area contributed by atoms with Crippen molar-refractivity contribution >= 4 is 11.8 Å². The summed E-state index contributed by atoms with van der Waals surface area (Å²) in [6.45, 7) is 8.20. The van der Waals surface area contributed by atoms with Crippen LogP contribution >= 0.6 is 0 Å². The van der Waals surface area contributed by atoms with E-state index in [4.69, 9.17) is 0 Å². The fourth-order valence-electron chi connectivity index (χ4n) is 2.28. The smallest absolute Gasteiger partial charge is 0.220 e. The minimum absolute atomic E-state index is 0.129. The summed E-state index contributed by atoms with van der Waals surface area (Å²) in [7, 11) is 0. The first-order valence-electron chi connectivity index (χ1n) is 7.27. The number of rotatable bonds is 6. The van der Waals surface area contributed by atoms with E-state index in [1.807, 2.05) is 4.90 Å². The zero-order valence-corrected chi connectivity index (χ0v) is 12.4. The summed E-state index contributed by atoms with van der Waals surface area (Å²) >= 11 is 0. The number of nitrogens with one attached hydrogen (secondary N) is 2. The average molecular weight is 269 g/mol. The predicted octanol–water partition coefficient (Wildman–Crippen LogP) is 0.892. The second kappa shape index (κ2) is 8.15. The van der Waals surface area contributed by atoms with Gasteiger partial charge in [0.2, 0.25) is 11.8 Å². The second-order valence-electron chi connectivity index (χ2n) is 5.56. The lowest BCUT2D eigenvalue weighted by Crippen LogP contribution is -2.46. The van der Waals surface area contributed by atoms with Gasteiger partial charge in [-0.1, -0.05) is 13.8 Å². The molecule has 2 N–H and O–H groups in total. The van der Waals surface area contributed by atoms with Gasteiger partial charge in [0.15, 0.2) is 0 Å². The normalized spacial score (nSPS) is 16.7. The maximum atomic E-state index is 11.8. The molecule has 0 aromatic rings. The van der Waals surface area contributed by atoms with E-state index in [0.29, 0.717) is 12.5 Å². The Morgan fingerprint density at radius 3 is 2.42 bits per heavy atom. The number of carbonyl (C=O) groups excluding carboxylic acids is 2. The number of amides is 2. The Labute approximate surface area is 116 Å². The number of piperidine rings is 1. The van der Waals surface area contributed by atoms with Crippen LogP contribution in [-0.4, -0.2) is 48.4 Å². The Morgan fingerprint density at radius 2 is 1.89 bits per heavy atom. The van der Waals surface area contributed by atoms with Gasteiger partial charge in [0.05, 0.1) is 0 Å². The maximum absolute atomic E-state index is 11.8. The SMILES string of the molecule is CC(=O)N1CCC(NC(=O)CCCNC(C)C)CC1. The van der Waals surface area contributed by atoms with Gasteiger partial charge in [-0.25, -0.2) is 0 Å². The number of hydrogen-bond donors (Lipinski definition) is 2. The Balaban J connectivity index is 2.11. The molecule has 0 radical (unpaired) electrons. The van der Waals surface area contributed by atoms with E-state index in [2.05, 4.69) is 24.5 Å². The topological polar surface area (TPSA) is 61.4 Å². The standard InChI is InChI=1S/C14H27N3O2/c1-11(2)15-8-4-5-14(19)16-13-6-9-17(10-7-13)12(3)18/h11,13,15H,4-10H2,1-3H3,(H,16,19). The summed E-state index contributed by atoms with van der Waals surface area (Å²) < 4.78 is 0. The number of carbonyl (C=O) groups is 2. The van der Waals surface area contributed by atoms with Crippen LogP contribution < -0.4 is 10.6 Å². The number of hydrogen-bond acceptors (Lipinski definition) is 3. The Morgan fingerprint density at radius 1 is 1.26 bits per heavy atom. The van der Waals surface area contributed by atoms with Gasteiger partial charge >= 0.3 is 0 Å². The molecule has 5 nitrogen and oxygen atoms in total. The fourth-order valence-corrected chi connectivity index (χ4v) is 2.28. The molecule has 0 atom stereocenters. The van der Waals surface area contributed by atoms with Crippen molar-refractivity contribution in [2.24, 2.45) is 0 Å². The predicted molar refractivity (Wildman–Crippen MR) is 75.8 cm³/mol. The molecule has 0 unspecified atom stereocenters. The Hall–Kier alpha value is -1.10. The monoisotopic (exact) mass is 269 g/mol. The van der Waals surface area contributed by atoms with Crippen molar-refractivity contribution in [1.82, 2.24) is 15.5 Å². The molecule has 1 rings (SSSR count). The molecule has 1 aliphatic rings. The van der Waals surface area contributed by atoms with Gasteiger partial charge in [0.25, 0.3) is 0 Å². The third-order valence-electron chi connectivity index (χ3n) is 3.44. The zero-order chi connectivity index (χ0) is 14.3. The van der Waals surface area contributed by atoms with Crippen LogP contribution in [0.4, 0.5) is 0 Å². The van der Waals surface area contributed by atoms with Gasteiger partial charge < -0.3 is 15.5 Å². The number of likely N-dealkylation sites (tertiary alicyclic amines) is 1. The molecular weight excluding hydrogens is 242 g/mol. The highest BCUT2D eigenvalue weighted by molar-refractivity contribution is 5.76. The molecule has 110 valence electrons. The highest BCUT2D eigenvalue weighted by atomic mass is 16.2. The van der Waals surface area contributed by atoms with Crippen molar-refractivity contribution in [2.45, 2.75) is 58.5 Å². The first kappa shape index (κ1) is 16.0. The van der Waals surface area contributed by atoms with Gasteiger partial charge in [0.1, 0.15) is 0 Å². The summed E-state index contributed by atoms with van der Waals surface area (Å²) in [5.74, 6) is 0.261. The van der Waals surface area contributed by atoms with Crippen LogP contribution in [-0.2, 0) is 9.59 Å². The second-order valence-corrected chi connectivity index (χ2v) is 5.56. The Kier molecular flexibility index (Phi) is 6.84. The van der Waals surface area contributed by atoms with Gasteiger partial charge in [-0.3, -0.25) is 9.59 Å². The fraction of sp³-hybridized carbons (Fsp3) is 0.857. The van der Waals surface area contributed by atoms with Crippen molar-refractivity contribution in [3.63, 3.8) is 0 Å². The van der Waals surface area contributed by atoms with Gasteiger partial charge in [-0.15, -0.1) is 0 Å². The summed E-state index contributed by atoms with van der Waals surface area (Å²) in [5, 5.41) is 6.36. The van der Waals surface area contributed by atoms with E-state index >= 15 is 0 Å². The van der Waals surface area contributed by atoms with Gasteiger partial charge in [-0.2, -0.15) is 0 Å². The lowest BCUT2D eigenvalue weighted by molar-refractivity contribution is -0.130. The average Bonchev–Trinajstić information content (AvgIpc) is 2.35. The summed E-state index contributed by atoms with van der Waals surface area (Å²) in [6.07, 6.45) is 3.19. The van der Waals surface area contributed by atoms with Crippen molar-refractivity contribution in [2.75, 3.05) is 19.6 Å². The third kappa shape index (κ3) is 6.57. The molecule has 5 heteroatoms. The molecule has 0 bridgehead atoms. The van der Waals surface area contributed by atoms with Crippen LogP contribution in [0.3, 0.4) is 0 Å². The first-order chi connectivity index (χ1) is 8.99. The van der Waals surface area contributed by atoms with Crippen LogP contribution in [0, 0.1) is 0 Å². The summed E-state index contributed by atoms with van der Waals surface area (Å²) in [6, 6.07) is 0.708. The largest absolute Gasteiger partial charge is 0.353 e. The Bertz CT molecular complexity index is 297. The van der Waals surface area contributed by atoms with E-state index in [9.17, 15) is 9.59 Å². The lowest BCUT2D eigenvalue weighted by atomic mass is 10.0. The minimum Gasteiger partial charge on any atom is -0.353 e. The summed E-state index contributed by atoms with van der Waals surface area (Å²) in [5.41, 5.74) is 0. The van der Waals surface area contributed by atoms with Crippen molar-refractivity contribution in [1.29, 1.82) is 0 Å². The van der Waals surface area contributed by atoms with Crippen molar-refractivity contribution in [3.05, 3.63) is 0 Å². The third-order valence-corrected chi connectivity index (χ3v) is 3.44. The molecule has 1 aliphatic heterocycles. The molecule has 2 amide bonds. The summed E-state index contributed by atoms with van der Waals surface area (Å²) in [4.78, 5) is 24.8. The molecule has 0 aromatic heterocycles. The molecule has 1 saturated heterocycles. The van der Waals surface area contributed by atoms with E-state index in [1.165, 1.54) is 0 Å². The highest BCUT2D eigenvalue weighted by Crippen LogP contribution is 2.10.